The molecule has 0 unspecified atom stereocenters. The summed E-state index contributed by atoms with van der Waals surface area (Å²) in [5, 5.41) is 9.98. The van der Waals surface area contributed by atoms with E-state index in [1.165, 1.54) is 17.8 Å². The molecule has 8 heteroatoms. The number of thiophene rings is 1. The van der Waals surface area contributed by atoms with E-state index in [0.29, 0.717) is 33.7 Å². The summed E-state index contributed by atoms with van der Waals surface area (Å²) in [6.07, 6.45) is 3.84. The van der Waals surface area contributed by atoms with Crippen molar-refractivity contribution < 1.29 is 9.59 Å². The third-order valence-electron chi connectivity index (χ3n) is 6.27. The number of amides is 2. The zero-order chi connectivity index (χ0) is 20.7. The molecule has 2 aromatic heterocycles. The molecule has 1 aliphatic carbocycles. The van der Waals surface area contributed by atoms with Crippen molar-refractivity contribution in [2.24, 2.45) is 5.41 Å². The average Bonchev–Trinajstić information content (AvgIpc) is 3.44. The molecule has 0 atom stereocenters. The van der Waals surface area contributed by atoms with Crippen LogP contribution in [-0.2, 0) is 4.79 Å². The molecule has 7 nitrogen and oxygen atoms in total. The number of nitrogens with one attached hydrogen (secondary N) is 3. The Morgan fingerprint density at radius 2 is 2.07 bits per heavy atom. The van der Waals surface area contributed by atoms with E-state index in [0.717, 1.165) is 37.0 Å². The van der Waals surface area contributed by atoms with Crippen molar-refractivity contribution in [3.63, 3.8) is 0 Å². The lowest BCUT2D eigenvalue weighted by atomic mass is 9.65. The van der Waals surface area contributed by atoms with Crippen LogP contribution in [0.4, 0.5) is 10.9 Å². The Kier molecular flexibility index (Phi) is 4.83. The molecule has 0 radical (unpaired) electrons. The van der Waals surface area contributed by atoms with Gasteiger partial charge in [0.1, 0.15) is 0 Å². The molecule has 0 bridgehead atoms. The van der Waals surface area contributed by atoms with Crippen LogP contribution in [0, 0.1) is 5.41 Å². The van der Waals surface area contributed by atoms with Crippen molar-refractivity contribution in [1.29, 1.82) is 0 Å². The Morgan fingerprint density at radius 3 is 2.83 bits per heavy atom. The maximum atomic E-state index is 12.9. The SMILES string of the molecule is CCC(=O)Nc1ccc(C(=O)Nc2nc3ccccc3n2C2CC3(CCNC3)C2)s1. The maximum Gasteiger partial charge on any atom is 0.268 e. The second kappa shape index (κ2) is 7.52. The molecule has 2 aliphatic rings. The van der Waals surface area contributed by atoms with E-state index in [2.05, 4.69) is 26.6 Å². The van der Waals surface area contributed by atoms with Gasteiger partial charge in [-0.3, -0.25) is 14.9 Å². The number of hydrogen-bond acceptors (Lipinski definition) is 5. The zero-order valence-corrected chi connectivity index (χ0v) is 17.7. The Labute approximate surface area is 178 Å². The minimum Gasteiger partial charge on any atom is -0.318 e. The average molecular weight is 424 g/mol. The first kappa shape index (κ1) is 19.3. The maximum absolute atomic E-state index is 12.9. The molecule has 3 aromatic rings. The Morgan fingerprint density at radius 1 is 1.23 bits per heavy atom. The molecule has 3 N–H and O–H groups in total. The lowest BCUT2D eigenvalue weighted by Crippen LogP contribution is -2.40. The smallest absolute Gasteiger partial charge is 0.268 e. The number of fused-ring (bicyclic) bond motifs is 1. The highest BCUT2D eigenvalue weighted by Gasteiger charge is 2.47. The number of benzene rings is 1. The third kappa shape index (κ3) is 3.40. The number of para-hydroxylation sites is 2. The van der Waals surface area contributed by atoms with E-state index in [1.807, 2.05) is 18.2 Å². The standard InChI is InChI=1S/C22H25N5O2S/c1-2-18(28)25-19-8-7-17(30-19)20(29)26-21-24-15-5-3-4-6-16(15)27(21)14-11-22(12-14)9-10-23-13-22/h3-8,14,23H,2,9-13H2,1H3,(H,25,28)(H,24,26,29). The molecule has 1 aromatic carbocycles. The predicted octanol–water partition coefficient (Wildman–Crippen LogP) is 4.01. The van der Waals surface area contributed by atoms with Crippen molar-refractivity contribution in [2.45, 2.75) is 38.6 Å². The van der Waals surface area contributed by atoms with Gasteiger partial charge in [0.05, 0.1) is 20.9 Å². The molecule has 5 rings (SSSR count). The predicted molar refractivity (Wildman–Crippen MR) is 119 cm³/mol. The topological polar surface area (TPSA) is 88.1 Å². The number of carbonyl (C=O) groups excluding carboxylic acids is 2. The molecule has 1 aliphatic heterocycles. The number of aromatic nitrogens is 2. The summed E-state index contributed by atoms with van der Waals surface area (Å²) < 4.78 is 2.20. The fourth-order valence-corrected chi connectivity index (χ4v) is 5.50. The summed E-state index contributed by atoms with van der Waals surface area (Å²) in [6, 6.07) is 11.9. The minimum absolute atomic E-state index is 0.0640. The van der Waals surface area contributed by atoms with Crippen molar-refractivity contribution in [3.05, 3.63) is 41.3 Å². The Balaban J connectivity index is 1.39. The van der Waals surface area contributed by atoms with Gasteiger partial charge in [-0.05, 0) is 55.5 Å². The lowest BCUT2D eigenvalue weighted by Gasteiger charge is -2.46. The highest BCUT2D eigenvalue weighted by atomic mass is 32.1. The van der Waals surface area contributed by atoms with Crippen LogP contribution in [0.1, 0.15) is 48.3 Å². The normalized spacial score (nSPS) is 22.9. The van der Waals surface area contributed by atoms with Crippen LogP contribution < -0.4 is 16.0 Å². The summed E-state index contributed by atoms with van der Waals surface area (Å²) in [6.45, 7) is 3.98. The molecule has 156 valence electrons. The van der Waals surface area contributed by atoms with Crippen molar-refractivity contribution in [3.8, 4) is 0 Å². The van der Waals surface area contributed by atoms with E-state index in [1.54, 1.807) is 19.1 Å². The van der Waals surface area contributed by atoms with E-state index in [-0.39, 0.29) is 11.8 Å². The summed E-state index contributed by atoms with van der Waals surface area (Å²) >= 11 is 1.27. The molecule has 1 saturated heterocycles. The van der Waals surface area contributed by atoms with E-state index in [4.69, 9.17) is 4.98 Å². The van der Waals surface area contributed by atoms with E-state index >= 15 is 0 Å². The van der Waals surface area contributed by atoms with Gasteiger partial charge in [-0.1, -0.05) is 19.1 Å². The molecular weight excluding hydrogens is 398 g/mol. The zero-order valence-electron chi connectivity index (χ0n) is 16.9. The molecule has 2 amide bonds. The van der Waals surface area contributed by atoms with Crippen LogP contribution in [0.3, 0.4) is 0 Å². The number of nitrogens with zero attached hydrogens (tertiary/aromatic N) is 2. The molecule has 2 fully saturated rings. The van der Waals surface area contributed by atoms with Gasteiger partial charge in [-0.2, -0.15) is 0 Å². The minimum atomic E-state index is -0.204. The van der Waals surface area contributed by atoms with Gasteiger partial charge in [0.2, 0.25) is 11.9 Å². The number of hydrogen-bond donors (Lipinski definition) is 3. The highest BCUT2D eigenvalue weighted by Crippen LogP contribution is 2.53. The first-order chi connectivity index (χ1) is 14.6. The van der Waals surface area contributed by atoms with Gasteiger partial charge in [0.25, 0.3) is 5.91 Å². The first-order valence-electron chi connectivity index (χ1n) is 10.5. The summed E-state index contributed by atoms with van der Waals surface area (Å²) in [7, 11) is 0. The van der Waals surface area contributed by atoms with E-state index in [9.17, 15) is 9.59 Å². The largest absolute Gasteiger partial charge is 0.318 e. The molecule has 30 heavy (non-hydrogen) atoms. The highest BCUT2D eigenvalue weighted by molar-refractivity contribution is 7.18. The monoisotopic (exact) mass is 423 g/mol. The molecule has 3 heterocycles. The van der Waals surface area contributed by atoms with Crippen LogP contribution in [0.2, 0.25) is 0 Å². The van der Waals surface area contributed by atoms with Crippen molar-refractivity contribution in [2.75, 3.05) is 23.7 Å². The van der Waals surface area contributed by atoms with E-state index < -0.39 is 0 Å². The van der Waals surface area contributed by atoms with Crippen molar-refractivity contribution in [1.82, 2.24) is 14.9 Å². The summed E-state index contributed by atoms with van der Waals surface area (Å²) in [5.41, 5.74) is 2.35. The van der Waals surface area contributed by atoms with Gasteiger partial charge >= 0.3 is 0 Å². The van der Waals surface area contributed by atoms with Crippen LogP contribution in [0.25, 0.3) is 11.0 Å². The van der Waals surface area contributed by atoms with Crippen molar-refractivity contribution >= 4 is 45.1 Å². The lowest BCUT2D eigenvalue weighted by molar-refractivity contribution is -0.115. The quantitative estimate of drug-likeness (QED) is 0.579. The number of carbonyl (C=O) groups is 2. The van der Waals surface area contributed by atoms with Crippen LogP contribution in [0.15, 0.2) is 36.4 Å². The fourth-order valence-electron chi connectivity index (χ4n) is 4.68. The van der Waals surface area contributed by atoms with Crippen LogP contribution >= 0.6 is 11.3 Å². The molecular formula is C22H25N5O2S. The van der Waals surface area contributed by atoms with Gasteiger partial charge in [-0.15, -0.1) is 11.3 Å². The number of anilines is 2. The molecule has 1 saturated carbocycles. The Bertz CT molecular complexity index is 1100. The second-order valence-electron chi connectivity index (χ2n) is 8.30. The summed E-state index contributed by atoms with van der Waals surface area (Å²) in [4.78, 5) is 29.8. The second-order valence-corrected chi connectivity index (χ2v) is 9.39. The fraction of sp³-hybridized carbons (Fsp3) is 0.409. The van der Waals surface area contributed by atoms with Crippen LogP contribution in [-0.4, -0.2) is 34.5 Å². The Hall–Kier alpha value is -2.71. The summed E-state index contributed by atoms with van der Waals surface area (Å²) in [5.74, 6) is 0.329. The van der Waals surface area contributed by atoms with Gasteiger partial charge in [0.15, 0.2) is 0 Å². The van der Waals surface area contributed by atoms with Gasteiger partial charge in [-0.25, -0.2) is 4.98 Å². The first-order valence-corrected chi connectivity index (χ1v) is 11.3. The number of rotatable bonds is 5. The third-order valence-corrected chi connectivity index (χ3v) is 7.27. The van der Waals surface area contributed by atoms with Gasteiger partial charge < -0.3 is 15.2 Å². The number of imidazole rings is 1. The molecule has 1 spiro atoms. The van der Waals surface area contributed by atoms with Gasteiger partial charge in [0, 0.05) is 19.0 Å². The van der Waals surface area contributed by atoms with Crippen LogP contribution in [0.5, 0.6) is 0 Å².